The molecule has 3 aliphatic carbocycles. The van der Waals surface area contributed by atoms with Gasteiger partial charge in [-0.15, -0.1) is 0 Å². The van der Waals surface area contributed by atoms with E-state index in [1.807, 2.05) is 13.0 Å². The number of aliphatic hydroxyl groups excluding tert-OH is 2. The topological polar surface area (TPSA) is 61.7 Å². The fourth-order valence-electron chi connectivity index (χ4n) is 5.60. The molecule has 0 saturated heterocycles. The Morgan fingerprint density at radius 2 is 1.77 bits per heavy atom. The maximum absolute atomic E-state index is 10.4. The van der Waals surface area contributed by atoms with Crippen molar-refractivity contribution in [1.29, 1.82) is 0 Å². The number of nitrogens with one attached hydrogen (secondary N) is 1. The molecule has 3 fully saturated rings. The summed E-state index contributed by atoms with van der Waals surface area (Å²) in [6.07, 6.45) is 13.7. The quantitative estimate of drug-likeness (QED) is 0.387. The third-order valence-electron chi connectivity index (χ3n) is 6.88. The number of ether oxygens (including phenoxy) is 1. The van der Waals surface area contributed by atoms with E-state index >= 15 is 0 Å². The van der Waals surface area contributed by atoms with Crippen LogP contribution in [0.1, 0.15) is 79.6 Å². The van der Waals surface area contributed by atoms with Crippen LogP contribution in [0.2, 0.25) is 0 Å². The van der Waals surface area contributed by atoms with E-state index in [2.05, 4.69) is 45.2 Å². The highest BCUT2D eigenvalue weighted by atomic mass is 16.5. The summed E-state index contributed by atoms with van der Waals surface area (Å²) in [5.41, 5.74) is 1.50. The van der Waals surface area contributed by atoms with Crippen molar-refractivity contribution in [3.63, 3.8) is 0 Å². The Morgan fingerprint density at radius 1 is 1.10 bits per heavy atom. The van der Waals surface area contributed by atoms with E-state index in [0.717, 1.165) is 38.7 Å². The lowest BCUT2D eigenvalue weighted by Gasteiger charge is -2.19. The fraction of sp³-hybridized carbons (Fsp3) is 0.846. The van der Waals surface area contributed by atoms with E-state index in [0.29, 0.717) is 36.4 Å². The molecule has 0 spiro atoms. The van der Waals surface area contributed by atoms with Gasteiger partial charge < -0.3 is 20.3 Å². The van der Waals surface area contributed by atoms with Crippen molar-refractivity contribution in [2.45, 2.75) is 104 Å². The lowest BCUT2D eigenvalue weighted by Crippen LogP contribution is -2.29. The Labute approximate surface area is 185 Å². The Bertz CT molecular complexity index is 530. The molecule has 0 heterocycles. The molecule has 3 aliphatic rings. The molecule has 3 saturated carbocycles. The maximum Gasteiger partial charge on any atom is 0.0749 e. The monoisotopic (exact) mass is 421 g/mol. The van der Waals surface area contributed by atoms with Crippen LogP contribution < -0.4 is 5.32 Å². The fourth-order valence-corrected chi connectivity index (χ4v) is 5.60. The molecular weight excluding hydrogens is 374 g/mol. The number of rotatable bonds is 8. The van der Waals surface area contributed by atoms with Crippen LogP contribution in [0.15, 0.2) is 23.8 Å². The van der Waals surface area contributed by atoms with Crippen molar-refractivity contribution >= 4 is 0 Å². The molecule has 0 aromatic carbocycles. The minimum Gasteiger partial charge on any atom is -0.392 e. The highest BCUT2D eigenvalue weighted by molar-refractivity contribution is 5.18. The number of hydrogen-bond donors (Lipinski definition) is 3. The van der Waals surface area contributed by atoms with E-state index in [1.54, 1.807) is 0 Å². The molecule has 0 aromatic rings. The Balaban J connectivity index is 0.000000396. The number of aliphatic hydroxyl groups is 2. The van der Waals surface area contributed by atoms with E-state index in [-0.39, 0.29) is 18.1 Å². The van der Waals surface area contributed by atoms with Gasteiger partial charge in [-0.05, 0) is 56.8 Å². The molecule has 174 valence electrons. The summed E-state index contributed by atoms with van der Waals surface area (Å²) >= 11 is 0. The molecule has 0 bridgehead atoms. The first-order valence-corrected chi connectivity index (χ1v) is 12.4. The first kappa shape index (κ1) is 25.6. The Morgan fingerprint density at radius 3 is 2.33 bits per heavy atom. The van der Waals surface area contributed by atoms with Gasteiger partial charge in [0, 0.05) is 24.6 Å². The molecule has 3 rings (SSSR count). The van der Waals surface area contributed by atoms with Gasteiger partial charge in [-0.2, -0.15) is 0 Å². The minimum atomic E-state index is -0.321. The number of hydrogen-bond acceptors (Lipinski definition) is 4. The van der Waals surface area contributed by atoms with Gasteiger partial charge in [-0.25, -0.2) is 0 Å². The van der Waals surface area contributed by atoms with Gasteiger partial charge >= 0.3 is 0 Å². The van der Waals surface area contributed by atoms with Crippen LogP contribution in [-0.4, -0.2) is 47.7 Å². The highest BCUT2D eigenvalue weighted by Gasteiger charge is 2.45. The van der Waals surface area contributed by atoms with Crippen molar-refractivity contribution in [2.75, 3.05) is 13.2 Å². The lowest BCUT2D eigenvalue weighted by atomic mass is 9.89. The van der Waals surface area contributed by atoms with Crippen molar-refractivity contribution in [1.82, 2.24) is 5.32 Å². The lowest BCUT2D eigenvalue weighted by molar-refractivity contribution is 0.135. The zero-order chi connectivity index (χ0) is 22.1. The molecule has 4 heteroatoms. The predicted molar refractivity (Wildman–Crippen MR) is 125 cm³/mol. The van der Waals surface area contributed by atoms with Gasteiger partial charge in [-0.1, -0.05) is 64.3 Å². The van der Waals surface area contributed by atoms with Gasteiger partial charge in [0.2, 0.25) is 0 Å². The average molecular weight is 422 g/mol. The van der Waals surface area contributed by atoms with Crippen molar-refractivity contribution in [3.05, 3.63) is 23.8 Å². The smallest absolute Gasteiger partial charge is 0.0749 e. The largest absolute Gasteiger partial charge is 0.392 e. The third-order valence-corrected chi connectivity index (χ3v) is 6.88. The van der Waals surface area contributed by atoms with E-state index in [1.165, 1.54) is 18.4 Å². The first-order chi connectivity index (χ1) is 14.3. The summed E-state index contributed by atoms with van der Waals surface area (Å²) in [7, 11) is 0. The second-order valence-corrected chi connectivity index (χ2v) is 10.1. The summed E-state index contributed by atoms with van der Waals surface area (Å²) in [6.45, 7) is 12.1. The SMILES string of the molecule is CC(C)NC(C)C.CCOCC=C1C[C@H]2C[C@@H](O)[C@H](C=C[C@@H](O)C3CCCC3)[C@H]2C1. The van der Waals surface area contributed by atoms with Gasteiger partial charge in [-0.3, -0.25) is 0 Å². The summed E-state index contributed by atoms with van der Waals surface area (Å²) in [5, 5.41) is 24.0. The van der Waals surface area contributed by atoms with Gasteiger partial charge in [0.15, 0.2) is 0 Å². The van der Waals surface area contributed by atoms with Crippen LogP contribution in [0.4, 0.5) is 0 Å². The first-order valence-electron chi connectivity index (χ1n) is 12.4. The third kappa shape index (κ3) is 8.11. The Hall–Kier alpha value is -0.680. The second kappa shape index (κ2) is 13.0. The van der Waals surface area contributed by atoms with Gasteiger partial charge in [0.05, 0.1) is 18.8 Å². The minimum absolute atomic E-state index is 0.217. The standard InChI is InChI=1S/C20H32O3.C6H15N/c1-2-23-10-9-14-11-16-13-20(22)17(18(16)12-14)7-8-19(21)15-5-3-4-6-15;1-5(2)7-6(3)4/h7-9,15-22H,2-6,10-13H2,1H3;5-7H,1-4H3/t16-,17+,18-,19+,20+;/m0./s1. The summed E-state index contributed by atoms with van der Waals surface area (Å²) < 4.78 is 5.43. The van der Waals surface area contributed by atoms with Crippen LogP contribution in [0.5, 0.6) is 0 Å². The molecule has 3 N–H and O–H groups in total. The van der Waals surface area contributed by atoms with Crippen molar-refractivity contribution < 1.29 is 14.9 Å². The zero-order valence-electron chi connectivity index (χ0n) is 20.0. The van der Waals surface area contributed by atoms with E-state index < -0.39 is 0 Å². The molecule has 30 heavy (non-hydrogen) atoms. The number of fused-ring (bicyclic) bond motifs is 1. The van der Waals surface area contributed by atoms with E-state index in [4.69, 9.17) is 4.74 Å². The van der Waals surface area contributed by atoms with Crippen LogP contribution in [-0.2, 0) is 4.74 Å². The predicted octanol–water partition coefficient (Wildman–Crippen LogP) is 4.86. The highest BCUT2D eigenvalue weighted by Crippen LogP contribution is 2.50. The Kier molecular flexibility index (Phi) is 11.1. The summed E-state index contributed by atoms with van der Waals surface area (Å²) in [4.78, 5) is 0. The van der Waals surface area contributed by atoms with Crippen LogP contribution in [0.25, 0.3) is 0 Å². The van der Waals surface area contributed by atoms with Crippen molar-refractivity contribution in [3.8, 4) is 0 Å². The summed E-state index contributed by atoms with van der Waals surface area (Å²) in [5.74, 6) is 1.81. The van der Waals surface area contributed by atoms with Crippen LogP contribution in [0.3, 0.4) is 0 Å². The molecule has 0 aromatic heterocycles. The molecular formula is C26H47NO3. The van der Waals surface area contributed by atoms with Crippen LogP contribution >= 0.6 is 0 Å². The van der Waals surface area contributed by atoms with Gasteiger partial charge in [0.1, 0.15) is 0 Å². The summed E-state index contributed by atoms with van der Waals surface area (Å²) in [6, 6.07) is 1.25. The zero-order valence-corrected chi connectivity index (χ0v) is 20.0. The number of allylic oxidation sites excluding steroid dienone is 1. The molecule has 0 aliphatic heterocycles. The molecule has 5 atom stereocenters. The molecule has 0 unspecified atom stereocenters. The van der Waals surface area contributed by atoms with Crippen molar-refractivity contribution in [2.24, 2.45) is 23.7 Å². The van der Waals surface area contributed by atoms with Gasteiger partial charge in [0.25, 0.3) is 0 Å². The normalized spacial score (nSPS) is 31.7. The average Bonchev–Trinajstić information content (AvgIpc) is 3.37. The molecule has 0 amide bonds. The second-order valence-electron chi connectivity index (χ2n) is 10.1. The molecule has 4 nitrogen and oxygen atoms in total. The van der Waals surface area contributed by atoms with E-state index in [9.17, 15) is 10.2 Å². The van der Waals surface area contributed by atoms with Crippen LogP contribution in [0, 0.1) is 23.7 Å². The molecule has 0 radical (unpaired) electrons. The maximum atomic E-state index is 10.4.